The SMILES string of the molecule is CCCc1nc(NC)c(C)c(NCCC2CCCCC2)n1. The number of aromatic nitrogens is 2. The van der Waals surface area contributed by atoms with Crippen LogP contribution in [0.15, 0.2) is 0 Å². The highest BCUT2D eigenvalue weighted by molar-refractivity contribution is 5.56. The molecule has 0 unspecified atom stereocenters. The minimum absolute atomic E-state index is 0.910. The van der Waals surface area contributed by atoms with Crippen molar-refractivity contribution in [3.05, 3.63) is 11.4 Å². The molecule has 0 radical (unpaired) electrons. The quantitative estimate of drug-likeness (QED) is 0.791. The van der Waals surface area contributed by atoms with Gasteiger partial charge in [-0.25, -0.2) is 9.97 Å². The summed E-state index contributed by atoms with van der Waals surface area (Å²) >= 11 is 0. The van der Waals surface area contributed by atoms with Crippen molar-refractivity contribution in [2.24, 2.45) is 5.92 Å². The molecule has 21 heavy (non-hydrogen) atoms. The maximum atomic E-state index is 4.69. The lowest BCUT2D eigenvalue weighted by Gasteiger charge is -2.22. The first-order valence-electron chi connectivity index (χ1n) is 8.53. The number of hydrogen-bond acceptors (Lipinski definition) is 4. The number of rotatable bonds is 7. The fourth-order valence-electron chi connectivity index (χ4n) is 3.18. The van der Waals surface area contributed by atoms with Gasteiger partial charge < -0.3 is 10.6 Å². The normalized spacial score (nSPS) is 16.0. The van der Waals surface area contributed by atoms with Crippen molar-refractivity contribution in [3.63, 3.8) is 0 Å². The van der Waals surface area contributed by atoms with Gasteiger partial charge in [0.2, 0.25) is 0 Å². The molecule has 2 N–H and O–H groups in total. The molecule has 4 heteroatoms. The van der Waals surface area contributed by atoms with E-state index in [2.05, 4.69) is 29.5 Å². The lowest BCUT2D eigenvalue weighted by atomic mass is 9.87. The summed E-state index contributed by atoms with van der Waals surface area (Å²) in [4.78, 5) is 9.27. The van der Waals surface area contributed by atoms with Gasteiger partial charge in [-0.05, 0) is 25.7 Å². The minimum atomic E-state index is 0.910. The largest absolute Gasteiger partial charge is 0.373 e. The molecule has 0 bridgehead atoms. The standard InChI is InChI=1S/C17H30N4/c1-4-8-15-20-16(18-3)13(2)17(21-15)19-12-11-14-9-6-5-7-10-14/h14H,4-12H2,1-3H3,(H2,18,19,20,21). The molecule has 2 rings (SSSR count). The van der Waals surface area contributed by atoms with E-state index in [4.69, 9.17) is 4.98 Å². The first-order chi connectivity index (χ1) is 10.2. The average Bonchev–Trinajstić information content (AvgIpc) is 2.51. The van der Waals surface area contributed by atoms with E-state index < -0.39 is 0 Å². The summed E-state index contributed by atoms with van der Waals surface area (Å²) in [6.07, 6.45) is 10.4. The molecule has 1 aromatic rings. The molecule has 1 aliphatic carbocycles. The number of nitrogens with zero attached hydrogens (tertiary/aromatic N) is 2. The van der Waals surface area contributed by atoms with Crippen LogP contribution in [-0.2, 0) is 6.42 Å². The Morgan fingerprint density at radius 3 is 2.48 bits per heavy atom. The Hall–Kier alpha value is -1.32. The van der Waals surface area contributed by atoms with Gasteiger partial charge in [-0.3, -0.25) is 0 Å². The van der Waals surface area contributed by atoms with Crippen LogP contribution in [0.2, 0.25) is 0 Å². The maximum absolute atomic E-state index is 4.69. The van der Waals surface area contributed by atoms with E-state index >= 15 is 0 Å². The molecule has 0 spiro atoms. The van der Waals surface area contributed by atoms with Crippen molar-refractivity contribution in [2.75, 3.05) is 24.2 Å². The summed E-state index contributed by atoms with van der Waals surface area (Å²) < 4.78 is 0. The highest BCUT2D eigenvalue weighted by atomic mass is 15.1. The van der Waals surface area contributed by atoms with Crippen LogP contribution in [0.5, 0.6) is 0 Å². The third-order valence-electron chi connectivity index (χ3n) is 4.47. The number of aryl methyl sites for hydroxylation is 1. The third-order valence-corrected chi connectivity index (χ3v) is 4.47. The fourth-order valence-corrected chi connectivity index (χ4v) is 3.18. The lowest BCUT2D eigenvalue weighted by Crippen LogP contribution is -2.15. The van der Waals surface area contributed by atoms with E-state index in [1.165, 1.54) is 38.5 Å². The van der Waals surface area contributed by atoms with Crippen molar-refractivity contribution in [2.45, 2.75) is 65.2 Å². The molecule has 0 saturated heterocycles. The van der Waals surface area contributed by atoms with Crippen molar-refractivity contribution >= 4 is 11.6 Å². The third kappa shape index (κ3) is 4.58. The second-order valence-electron chi connectivity index (χ2n) is 6.18. The molecule has 1 fully saturated rings. The van der Waals surface area contributed by atoms with Gasteiger partial charge in [-0.2, -0.15) is 0 Å². The zero-order valence-electron chi connectivity index (χ0n) is 13.8. The van der Waals surface area contributed by atoms with Crippen LogP contribution in [0.1, 0.15) is 63.3 Å². The van der Waals surface area contributed by atoms with Crippen LogP contribution in [0, 0.1) is 12.8 Å². The molecule has 1 saturated carbocycles. The molecule has 0 aromatic carbocycles. The van der Waals surface area contributed by atoms with E-state index in [1.807, 2.05) is 7.05 Å². The van der Waals surface area contributed by atoms with Crippen LogP contribution in [0.25, 0.3) is 0 Å². The van der Waals surface area contributed by atoms with E-state index in [0.717, 1.165) is 48.3 Å². The summed E-state index contributed by atoms with van der Waals surface area (Å²) in [5.74, 6) is 3.81. The smallest absolute Gasteiger partial charge is 0.134 e. The lowest BCUT2D eigenvalue weighted by molar-refractivity contribution is 0.345. The van der Waals surface area contributed by atoms with Crippen LogP contribution in [-0.4, -0.2) is 23.6 Å². The van der Waals surface area contributed by atoms with Crippen LogP contribution >= 0.6 is 0 Å². The summed E-state index contributed by atoms with van der Waals surface area (Å²) in [6.45, 7) is 5.28. The van der Waals surface area contributed by atoms with Gasteiger partial charge in [-0.15, -0.1) is 0 Å². The molecule has 118 valence electrons. The van der Waals surface area contributed by atoms with Gasteiger partial charge in [0, 0.05) is 25.6 Å². The molecule has 0 amide bonds. The first-order valence-corrected chi connectivity index (χ1v) is 8.53. The summed E-state index contributed by atoms with van der Waals surface area (Å²) in [5, 5.41) is 6.73. The Morgan fingerprint density at radius 2 is 1.81 bits per heavy atom. The number of nitrogens with one attached hydrogen (secondary N) is 2. The van der Waals surface area contributed by atoms with E-state index in [9.17, 15) is 0 Å². The fraction of sp³-hybridized carbons (Fsp3) is 0.765. The first kappa shape index (κ1) is 16.1. The second-order valence-corrected chi connectivity index (χ2v) is 6.18. The number of hydrogen-bond donors (Lipinski definition) is 2. The van der Waals surface area contributed by atoms with Crippen molar-refractivity contribution in [1.82, 2.24) is 9.97 Å². The van der Waals surface area contributed by atoms with Gasteiger partial charge in [0.15, 0.2) is 0 Å². The number of anilines is 2. The Morgan fingerprint density at radius 1 is 1.10 bits per heavy atom. The van der Waals surface area contributed by atoms with Gasteiger partial charge in [0.25, 0.3) is 0 Å². The minimum Gasteiger partial charge on any atom is -0.373 e. The molecule has 1 aromatic heterocycles. The molecule has 4 nitrogen and oxygen atoms in total. The molecule has 0 atom stereocenters. The Labute approximate surface area is 129 Å². The zero-order valence-corrected chi connectivity index (χ0v) is 13.8. The average molecular weight is 290 g/mol. The Bertz CT molecular complexity index is 439. The van der Waals surface area contributed by atoms with Crippen molar-refractivity contribution in [3.8, 4) is 0 Å². The van der Waals surface area contributed by atoms with Crippen LogP contribution in [0.4, 0.5) is 11.6 Å². The molecule has 1 aliphatic rings. The Kier molecular flexibility index (Phi) is 6.27. The van der Waals surface area contributed by atoms with Gasteiger partial charge in [-0.1, -0.05) is 39.0 Å². The van der Waals surface area contributed by atoms with Crippen molar-refractivity contribution < 1.29 is 0 Å². The van der Waals surface area contributed by atoms with Crippen LogP contribution < -0.4 is 10.6 Å². The van der Waals surface area contributed by atoms with Gasteiger partial charge in [0.1, 0.15) is 17.5 Å². The highest BCUT2D eigenvalue weighted by Gasteiger charge is 2.14. The molecular weight excluding hydrogens is 260 g/mol. The zero-order chi connectivity index (χ0) is 15.1. The topological polar surface area (TPSA) is 49.8 Å². The highest BCUT2D eigenvalue weighted by Crippen LogP contribution is 2.26. The molecular formula is C17H30N4. The Balaban J connectivity index is 1.95. The second kappa shape index (κ2) is 8.20. The van der Waals surface area contributed by atoms with E-state index in [1.54, 1.807) is 0 Å². The van der Waals surface area contributed by atoms with Gasteiger partial charge in [0.05, 0.1) is 0 Å². The maximum Gasteiger partial charge on any atom is 0.134 e. The van der Waals surface area contributed by atoms with Crippen molar-refractivity contribution in [1.29, 1.82) is 0 Å². The molecule has 0 aliphatic heterocycles. The van der Waals surface area contributed by atoms with Crippen LogP contribution in [0.3, 0.4) is 0 Å². The summed E-state index contributed by atoms with van der Waals surface area (Å²) in [5.41, 5.74) is 1.13. The predicted octanol–water partition coefficient (Wildman–Crippen LogP) is 4.16. The predicted molar refractivity (Wildman–Crippen MR) is 90.0 cm³/mol. The molecule has 1 heterocycles. The van der Waals surface area contributed by atoms with E-state index in [0.29, 0.717) is 0 Å². The van der Waals surface area contributed by atoms with Gasteiger partial charge >= 0.3 is 0 Å². The summed E-state index contributed by atoms with van der Waals surface area (Å²) in [6, 6.07) is 0. The van der Waals surface area contributed by atoms with E-state index in [-0.39, 0.29) is 0 Å². The monoisotopic (exact) mass is 290 g/mol. The summed E-state index contributed by atoms with van der Waals surface area (Å²) in [7, 11) is 1.93.